The van der Waals surface area contributed by atoms with Crippen LogP contribution in [0.1, 0.15) is 24.0 Å². The summed E-state index contributed by atoms with van der Waals surface area (Å²) in [5.74, 6) is -0.760. The summed E-state index contributed by atoms with van der Waals surface area (Å²) in [5, 5.41) is 8.56. The molecule has 0 saturated heterocycles. The molecule has 0 saturated carbocycles. The molecule has 0 spiro atoms. The monoisotopic (exact) mass is 266 g/mol. The van der Waals surface area contributed by atoms with E-state index in [0.717, 1.165) is 5.56 Å². The van der Waals surface area contributed by atoms with Crippen LogP contribution in [-0.2, 0) is 4.79 Å². The van der Waals surface area contributed by atoms with E-state index in [2.05, 4.69) is 43.3 Å². The average molecular weight is 266 g/mol. The van der Waals surface area contributed by atoms with Gasteiger partial charge >= 0.3 is 5.97 Å². The highest BCUT2D eigenvalue weighted by atomic mass is 16.4. The van der Waals surface area contributed by atoms with Crippen LogP contribution in [0.15, 0.2) is 54.6 Å². The van der Waals surface area contributed by atoms with Gasteiger partial charge in [-0.3, -0.25) is 4.79 Å². The van der Waals surface area contributed by atoms with E-state index >= 15 is 0 Å². The van der Waals surface area contributed by atoms with Gasteiger partial charge in [0.15, 0.2) is 0 Å². The first-order valence-electron chi connectivity index (χ1n) is 6.70. The Balaban J connectivity index is 2.02. The Morgan fingerprint density at radius 3 is 2.10 bits per heavy atom. The number of hydrogen-bond acceptors (Lipinski definition) is 1. The van der Waals surface area contributed by atoms with Crippen LogP contribution in [0.5, 0.6) is 0 Å². The molecule has 2 aromatic rings. The molecule has 102 valence electrons. The Bertz CT molecular complexity index is 592. The van der Waals surface area contributed by atoms with Crippen LogP contribution >= 0.6 is 0 Å². The molecule has 2 rings (SSSR count). The fraction of sp³-hybridized carbons (Fsp3) is 0.167. The lowest BCUT2D eigenvalue weighted by Gasteiger charge is -2.03. The van der Waals surface area contributed by atoms with E-state index in [1.807, 2.05) is 24.3 Å². The minimum absolute atomic E-state index is 0.179. The standard InChI is InChI=1S/C18H18O2/c1-14-6-10-16(11-7-14)17-12-8-15(9-13-17)4-2-3-5-18(19)20/h2,4,6-13H,3,5H2,1H3,(H,19,20). The molecule has 0 heterocycles. The summed E-state index contributed by atoms with van der Waals surface area (Å²) in [6.07, 6.45) is 4.60. The van der Waals surface area contributed by atoms with Crippen molar-refractivity contribution in [1.82, 2.24) is 0 Å². The van der Waals surface area contributed by atoms with Crippen molar-refractivity contribution >= 4 is 12.0 Å². The molecule has 1 N–H and O–H groups in total. The number of allylic oxidation sites excluding steroid dienone is 1. The Morgan fingerprint density at radius 1 is 1.00 bits per heavy atom. The molecule has 0 amide bonds. The quantitative estimate of drug-likeness (QED) is 0.862. The molecule has 2 heteroatoms. The summed E-state index contributed by atoms with van der Waals surface area (Å²) in [7, 11) is 0. The number of rotatable bonds is 5. The van der Waals surface area contributed by atoms with E-state index in [0.29, 0.717) is 6.42 Å². The molecule has 2 aromatic carbocycles. The fourth-order valence-corrected chi connectivity index (χ4v) is 1.96. The Morgan fingerprint density at radius 2 is 1.55 bits per heavy atom. The van der Waals surface area contributed by atoms with Crippen LogP contribution in [0.2, 0.25) is 0 Å². The molecule has 0 aliphatic heterocycles. The second kappa shape index (κ2) is 6.71. The van der Waals surface area contributed by atoms with Crippen molar-refractivity contribution in [1.29, 1.82) is 0 Å². The van der Waals surface area contributed by atoms with Crippen molar-refractivity contribution in [2.45, 2.75) is 19.8 Å². The van der Waals surface area contributed by atoms with Gasteiger partial charge in [-0.25, -0.2) is 0 Å². The zero-order valence-corrected chi connectivity index (χ0v) is 11.5. The lowest BCUT2D eigenvalue weighted by Crippen LogP contribution is -1.91. The number of carboxylic acids is 1. The van der Waals surface area contributed by atoms with Crippen LogP contribution in [0.25, 0.3) is 17.2 Å². The molecule has 0 unspecified atom stereocenters. The Kier molecular flexibility index (Phi) is 4.72. The number of carbonyl (C=O) groups is 1. The number of aliphatic carboxylic acids is 1. The zero-order chi connectivity index (χ0) is 14.4. The molecular formula is C18H18O2. The molecule has 0 aromatic heterocycles. The van der Waals surface area contributed by atoms with Gasteiger partial charge in [-0.2, -0.15) is 0 Å². The molecule has 0 aliphatic rings. The Labute approximate surface area is 119 Å². The van der Waals surface area contributed by atoms with Crippen molar-refractivity contribution in [2.75, 3.05) is 0 Å². The van der Waals surface area contributed by atoms with E-state index in [-0.39, 0.29) is 6.42 Å². The summed E-state index contributed by atoms with van der Waals surface area (Å²) in [4.78, 5) is 10.4. The number of aryl methyl sites for hydroxylation is 1. The van der Waals surface area contributed by atoms with Gasteiger partial charge in [0.2, 0.25) is 0 Å². The zero-order valence-electron chi connectivity index (χ0n) is 11.5. The summed E-state index contributed by atoms with van der Waals surface area (Å²) < 4.78 is 0. The van der Waals surface area contributed by atoms with E-state index in [4.69, 9.17) is 5.11 Å². The number of hydrogen-bond donors (Lipinski definition) is 1. The third kappa shape index (κ3) is 4.09. The lowest BCUT2D eigenvalue weighted by atomic mass is 10.0. The average Bonchev–Trinajstić information content (AvgIpc) is 2.45. The van der Waals surface area contributed by atoms with Gasteiger partial charge in [0.05, 0.1) is 0 Å². The maximum absolute atomic E-state index is 10.4. The topological polar surface area (TPSA) is 37.3 Å². The van der Waals surface area contributed by atoms with Crippen molar-refractivity contribution in [3.8, 4) is 11.1 Å². The van der Waals surface area contributed by atoms with E-state index in [1.165, 1.54) is 16.7 Å². The molecular weight excluding hydrogens is 248 g/mol. The first-order valence-corrected chi connectivity index (χ1v) is 6.70. The lowest BCUT2D eigenvalue weighted by molar-refractivity contribution is -0.136. The second-order valence-electron chi connectivity index (χ2n) is 4.82. The van der Waals surface area contributed by atoms with Gasteiger partial charge in [-0.15, -0.1) is 0 Å². The summed E-state index contributed by atoms with van der Waals surface area (Å²) in [5.41, 5.74) is 4.74. The maximum Gasteiger partial charge on any atom is 0.303 e. The highest BCUT2D eigenvalue weighted by Crippen LogP contribution is 2.20. The fourth-order valence-electron chi connectivity index (χ4n) is 1.96. The molecule has 0 bridgehead atoms. The normalized spacial score (nSPS) is 10.8. The van der Waals surface area contributed by atoms with Gasteiger partial charge in [-0.1, -0.05) is 66.2 Å². The Hall–Kier alpha value is -2.35. The van der Waals surface area contributed by atoms with E-state index < -0.39 is 5.97 Å². The van der Waals surface area contributed by atoms with Crippen molar-refractivity contribution in [3.05, 3.63) is 65.7 Å². The minimum atomic E-state index is -0.760. The van der Waals surface area contributed by atoms with Gasteiger partial charge in [0.25, 0.3) is 0 Å². The van der Waals surface area contributed by atoms with Gasteiger partial charge in [-0.05, 0) is 30.0 Å². The van der Waals surface area contributed by atoms with Crippen LogP contribution in [-0.4, -0.2) is 11.1 Å². The van der Waals surface area contributed by atoms with Crippen molar-refractivity contribution < 1.29 is 9.90 Å². The highest BCUT2D eigenvalue weighted by Gasteiger charge is 1.97. The van der Waals surface area contributed by atoms with Crippen LogP contribution in [0, 0.1) is 6.92 Å². The summed E-state index contributed by atoms with van der Waals surface area (Å²) in [6.45, 7) is 2.08. The molecule has 2 nitrogen and oxygen atoms in total. The maximum atomic E-state index is 10.4. The van der Waals surface area contributed by atoms with Crippen LogP contribution < -0.4 is 0 Å². The molecule has 0 fully saturated rings. The highest BCUT2D eigenvalue weighted by molar-refractivity contribution is 5.68. The number of benzene rings is 2. The SMILES string of the molecule is Cc1ccc(-c2ccc(C=CCCC(=O)O)cc2)cc1. The summed E-state index contributed by atoms with van der Waals surface area (Å²) in [6, 6.07) is 16.7. The first kappa shape index (κ1) is 14.1. The number of carboxylic acid groups (broad SMARTS) is 1. The molecule has 0 atom stereocenters. The van der Waals surface area contributed by atoms with Crippen molar-refractivity contribution in [3.63, 3.8) is 0 Å². The van der Waals surface area contributed by atoms with E-state index in [1.54, 1.807) is 0 Å². The first-order chi connectivity index (χ1) is 9.65. The predicted octanol–water partition coefficient (Wildman–Crippen LogP) is 4.54. The predicted molar refractivity (Wildman–Crippen MR) is 82.5 cm³/mol. The van der Waals surface area contributed by atoms with Gasteiger partial charge in [0.1, 0.15) is 0 Å². The third-order valence-corrected chi connectivity index (χ3v) is 3.13. The van der Waals surface area contributed by atoms with Gasteiger partial charge < -0.3 is 5.11 Å². The smallest absolute Gasteiger partial charge is 0.303 e. The van der Waals surface area contributed by atoms with Crippen LogP contribution in [0.3, 0.4) is 0 Å². The van der Waals surface area contributed by atoms with Crippen LogP contribution in [0.4, 0.5) is 0 Å². The largest absolute Gasteiger partial charge is 0.481 e. The molecule has 20 heavy (non-hydrogen) atoms. The summed E-state index contributed by atoms with van der Waals surface area (Å²) >= 11 is 0. The van der Waals surface area contributed by atoms with E-state index in [9.17, 15) is 4.79 Å². The second-order valence-corrected chi connectivity index (χ2v) is 4.82. The molecule has 0 radical (unpaired) electrons. The minimum Gasteiger partial charge on any atom is -0.481 e. The molecule has 0 aliphatic carbocycles. The van der Waals surface area contributed by atoms with Crippen molar-refractivity contribution in [2.24, 2.45) is 0 Å². The third-order valence-electron chi connectivity index (χ3n) is 3.13. The van der Waals surface area contributed by atoms with Gasteiger partial charge in [0, 0.05) is 6.42 Å².